The Balaban J connectivity index is 1.50. The standard InChI is InChI=1S/C20H30N4O2S/c1-27-14-8-17(21)20(26)23-12-10-22(11-13-23)15-19(25)24-9-4-6-16-5-2-3-7-18(16)24/h2-3,5,7,17H,4,6,8-15,21H2,1H3/t17-/m0/s1. The Labute approximate surface area is 166 Å². The third-order valence-corrected chi connectivity index (χ3v) is 6.05. The van der Waals surface area contributed by atoms with Crippen LogP contribution in [0.25, 0.3) is 0 Å². The lowest BCUT2D eigenvalue weighted by Gasteiger charge is -2.37. The van der Waals surface area contributed by atoms with Gasteiger partial charge in [0.05, 0.1) is 12.6 Å². The second-order valence-electron chi connectivity index (χ2n) is 7.27. The predicted octanol–water partition coefficient (Wildman–Crippen LogP) is 1.19. The lowest BCUT2D eigenvalue weighted by atomic mass is 10.0. The molecule has 1 fully saturated rings. The van der Waals surface area contributed by atoms with Crippen molar-refractivity contribution in [2.24, 2.45) is 5.73 Å². The Kier molecular flexibility index (Phi) is 7.15. The van der Waals surface area contributed by atoms with Crippen LogP contribution in [-0.2, 0) is 16.0 Å². The first-order valence-electron chi connectivity index (χ1n) is 9.74. The molecule has 1 atom stereocenters. The van der Waals surface area contributed by atoms with Crippen LogP contribution in [0.3, 0.4) is 0 Å². The van der Waals surface area contributed by atoms with Gasteiger partial charge in [0.1, 0.15) is 0 Å². The minimum atomic E-state index is -0.407. The number of nitrogens with two attached hydrogens (primary N) is 1. The van der Waals surface area contributed by atoms with E-state index in [0.29, 0.717) is 26.1 Å². The number of hydrogen-bond donors (Lipinski definition) is 1. The third-order valence-electron chi connectivity index (χ3n) is 5.40. The van der Waals surface area contributed by atoms with E-state index in [1.165, 1.54) is 5.56 Å². The van der Waals surface area contributed by atoms with E-state index < -0.39 is 6.04 Å². The average molecular weight is 391 g/mol. The SMILES string of the molecule is CSCC[C@H](N)C(=O)N1CCN(CC(=O)N2CCCc3ccccc32)CC1. The normalized spacial score (nSPS) is 18.9. The van der Waals surface area contributed by atoms with Crippen molar-refractivity contribution in [2.45, 2.75) is 25.3 Å². The van der Waals surface area contributed by atoms with Gasteiger partial charge in [-0.3, -0.25) is 14.5 Å². The van der Waals surface area contributed by atoms with Gasteiger partial charge >= 0.3 is 0 Å². The van der Waals surface area contributed by atoms with E-state index in [4.69, 9.17) is 5.73 Å². The molecule has 1 saturated heterocycles. The van der Waals surface area contributed by atoms with Gasteiger partial charge < -0.3 is 15.5 Å². The monoisotopic (exact) mass is 390 g/mol. The van der Waals surface area contributed by atoms with Crippen LogP contribution in [0.1, 0.15) is 18.4 Å². The molecule has 2 aliphatic heterocycles. The number of aryl methyl sites for hydroxylation is 1. The van der Waals surface area contributed by atoms with Gasteiger partial charge in [-0.05, 0) is 42.9 Å². The molecule has 0 bridgehead atoms. The second-order valence-corrected chi connectivity index (χ2v) is 8.25. The maximum atomic E-state index is 12.9. The Hall–Kier alpha value is -1.57. The number of anilines is 1. The Bertz CT molecular complexity index is 661. The highest BCUT2D eigenvalue weighted by Gasteiger charge is 2.28. The molecule has 1 aromatic rings. The summed E-state index contributed by atoms with van der Waals surface area (Å²) in [6.45, 7) is 3.95. The minimum Gasteiger partial charge on any atom is -0.339 e. The highest BCUT2D eigenvalue weighted by Crippen LogP contribution is 2.26. The zero-order chi connectivity index (χ0) is 19.2. The second kappa shape index (κ2) is 9.57. The van der Waals surface area contributed by atoms with Crippen molar-refractivity contribution >= 4 is 29.3 Å². The van der Waals surface area contributed by atoms with Gasteiger partial charge in [0.15, 0.2) is 0 Å². The number of para-hydroxylation sites is 1. The van der Waals surface area contributed by atoms with Crippen molar-refractivity contribution in [1.29, 1.82) is 0 Å². The average Bonchev–Trinajstić information content (AvgIpc) is 2.71. The van der Waals surface area contributed by atoms with Crippen LogP contribution >= 0.6 is 11.8 Å². The lowest BCUT2D eigenvalue weighted by molar-refractivity contribution is -0.134. The summed E-state index contributed by atoms with van der Waals surface area (Å²) in [5.41, 5.74) is 8.33. The van der Waals surface area contributed by atoms with Crippen LogP contribution in [0.4, 0.5) is 5.69 Å². The summed E-state index contributed by atoms with van der Waals surface area (Å²) in [4.78, 5) is 31.2. The van der Waals surface area contributed by atoms with Gasteiger partial charge in [-0.25, -0.2) is 0 Å². The van der Waals surface area contributed by atoms with Crippen molar-refractivity contribution < 1.29 is 9.59 Å². The molecule has 0 saturated carbocycles. The highest BCUT2D eigenvalue weighted by atomic mass is 32.2. The number of benzene rings is 1. The molecular weight excluding hydrogens is 360 g/mol. The summed E-state index contributed by atoms with van der Waals surface area (Å²) in [5.74, 6) is 1.09. The van der Waals surface area contributed by atoms with E-state index >= 15 is 0 Å². The molecule has 2 aliphatic rings. The van der Waals surface area contributed by atoms with Gasteiger partial charge in [-0.2, -0.15) is 11.8 Å². The van der Waals surface area contributed by atoms with Gasteiger partial charge in [0, 0.05) is 38.4 Å². The molecule has 1 aromatic carbocycles. The van der Waals surface area contributed by atoms with E-state index in [0.717, 1.165) is 43.9 Å². The third kappa shape index (κ3) is 5.03. The molecule has 148 valence electrons. The van der Waals surface area contributed by atoms with Crippen LogP contribution < -0.4 is 10.6 Å². The summed E-state index contributed by atoms with van der Waals surface area (Å²) < 4.78 is 0. The lowest BCUT2D eigenvalue weighted by Crippen LogP contribution is -2.55. The van der Waals surface area contributed by atoms with E-state index in [-0.39, 0.29) is 11.8 Å². The summed E-state index contributed by atoms with van der Waals surface area (Å²) in [5, 5.41) is 0. The summed E-state index contributed by atoms with van der Waals surface area (Å²) in [7, 11) is 0. The first-order valence-corrected chi connectivity index (χ1v) is 11.1. The van der Waals surface area contributed by atoms with Crippen LogP contribution in [0, 0.1) is 0 Å². The molecule has 0 unspecified atom stereocenters. The maximum Gasteiger partial charge on any atom is 0.241 e. The van der Waals surface area contributed by atoms with E-state index in [2.05, 4.69) is 11.0 Å². The quantitative estimate of drug-likeness (QED) is 0.790. The molecule has 2 amide bonds. The first-order chi connectivity index (χ1) is 13.1. The number of carbonyl (C=O) groups excluding carboxylic acids is 2. The van der Waals surface area contributed by atoms with E-state index in [1.54, 1.807) is 11.8 Å². The minimum absolute atomic E-state index is 0.0417. The molecular formula is C20H30N4O2S. The highest BCUT2D eigenvalue weighted by molar-refractivity contribution is 7.98. The number of hydrogen-bond acceptors (Lipinski definition) is 5. The summed E-state index contributed by atoms with van der Waals surface area (Å²) >= 11 is 1.71. The topological polar surface area (TPSA) is 69.9 Å². The van der Waals surface area contributed by atoms with Crippen molar-refractivity contribution in [1.82, 2.24) is 9.80 Å². The molecule has 2 N–H and O–H groups in total. The fourth-order valence-electron chi connectivity index (χ4n) is 3.80. The van der Waals surface area contributed by atoms with Crippen LogP contribution in [-0.4, -0.2) is 78.9 Å². The van der Waals surface area contributed by atoms with Crippen molar-refractivity contribution in [3.05, 3.63) is 29.8 Å². The maximum absolute atomic E-state index is 12.9. The number of rotatable bonds is 6. The molecule has 0 radical (unpaired) electrons. The number of amides is 2. The van der Waals surface area contributed by atoms with Crippen molar-refractivity contribution in [3.63, 3.8) is 0 Å². The van der Waals surface area contributed by atoms with Crippen molar-refractivity contribution in [3.8, 4) is 0 Å². The van der Waals surface area contributed by atoms with Gasteiger partial charge in [-0.1, -0.05) is 18.2 Å². The fourth-order valence-corrected chi connectivity index (χ4v) is 4.29. The predicted molar refractivity (Wildman–Crippen MR) is 111 cm³/mol. The van der Waals surface area contributed by atoms with Crippen LogP contribution in [0.2, 0.25) is 0 Å². The number of fused-ring (bicyclic) bond motifs is 1. The van der Waals surface area contributed by atoms with Gasteiger partial charge in [0.2, 0.25) is 11.8 Å². The largest absolute Gasteiger partial charge is 0.339 e. The molecule has 0 aliphatic carbocycles. The molecule has 3 rings (SSSR count). The zero-order valence-corrected chi connectivity index (χ0v) is 16.9. The van der Waals surface area contributed by atoms with Gasteiger partial charge in [-0.15, -0.1) is 0 Å². The zero-order valence-electron chi connectivity index (χ0n) is 16.1. The number of carbonyl (C=O) groups is 2. The number of piperazine rings is 1. The van der Waals surface area contributed by atoms with E-state index in [1.807, 2.05) is 34.3 Å². The fraction of sp³-hybridized carbons (Fsp3) is 0.600. The molecule has 27 heavy (non-hydrogen) atoms. The molecule has 2 heterocycles. The molecule has 6 nitrogen and oxygen atoms in total. The Morgan fingerprint density at radius 3 is 2.63 bits per heavy atom. The molecule has 0 aromatic heterocycles. The van der Waals surface area contributed by atoms with Crippen molar-refractivity contribution in [2.75, 3.05) is 56.2 Å². The Morgan fingerprint density at radius 1 is 1.15 bits per heavy atom. The summed E-state index contributed by atoms with van der Waals surface area (Å²) in [6.07, 6.45) is 4.79. The number of nitrogens with zero attached hydrogens (tertiary/aromatic N) is 3. The Morgan fingerprint density at radius 2 is 1.89 bits per heavy atom. The molecule has 0 spiro atoms. The first kappa shape index (κ1) is 20.2. The number of thioether (sulfide) groups is 1. The summed E-state index contributed by atoms with van der Waals surface area (Å²) in [6, 6.07) is 7.77. The van der Waals surface area contributed by atoms with Gasteiger partial charge in [0.25, 0.3) is 0 Å². The van der Waals surface area contributed by atoms with Crippen LogP contribution in [0.5, 0.6) is 0 Å². The molecule has 7 heteroatoms. The van der Waals surface area contributed by atoms with Crippen LogP contribution in [0.15, 0.2) is 24.3 Å². The van der Waals surface area contributed by atoms with E-state index in [9.17, 15) is 9.59 Å². The smallest absolute Gasteiger partial charge is 0.241 e.